The van der Waals surface area contributed by atoms with Crippen molar-refractivity contribution in [2.45, 2.75) is 24.0 Å². The number of fused-ring (bicyclic) bond motifs is 2. The van der Waals surface area contributed by atoms with Crippen molar-refractivity contribution in [1.29, 1.82) is 5.41 Å². The Bertz CT molecular complexity index is 1630. The number of nitrogens with one attached hydrogen (secondary N) is 3. The van der Waals surface area contributed by atoms with Gasteiger partial charge in [-0.1, -0.05) is 0 Å². The van der Waals surface area contributed by atoms with Crippen LogP contribution < -0.4 is 5.32 Å². The monoisotopic (exact) mass is 589 g/mol. The molecule has 1 saturated heterocycles. The molecule has 0 aliphatic carbocycles. The minimum absolute atomic E-state index is 0.0972. The molecule has 1 unspecified atom stereocenters. The highest BCUT2D eigenvalue weighted by atomic mass is 32.2. The first kappa shape index (κ1) is 27.7. The predicted octanol–water partition coefficient (Wildman–Crippen LogP) is 0.894. The van der Waals surface area contributed by atoms with Crippen LogP contribution in [0.15, 0.2) is 29.3 Å². The van der Waals surface area contributed by atoms with Crippen molar-refractivity contribution in [1.82, 2.24) is 29.4 Å². The average Bonchev–Trinajstić information content (AvgIpc) is 3.56. The number of carboxylic acids is 1. The van der Waals surface area contributed by atoms with Crippen molar-refractivity contribution in [2.75, 3.05) is 40.3 Å². The second-order valence-corrected chi connectivity index (χ2v) is 12.5. The molecule has 1 fully saturated rings. The second-order valence-electron chi connectivity index (χ2n) is 9.52. The highest BCUT2D eigenvalue weighted by Crippen LogP contribution is 2.28. The van der Waals surface area contributed by atoms with E-state index in [-0.39, 0.29) is 29.0 Å². The fourth-order valence-corrected chi connectivity index (χ4v) is 7.33. The zero-order valence-corrected chi connectivity index (χ0v) is 23.3. The molecule has 4 heterocycles. The number of amides is 2. The van der Waals surface area contributed by atoms with Crippen LogP contribution in [0.25, 0.3) is 10.9 Å². The molecule has 4 N–H and O–H groups in total. The number of carboxylic acid groups (broad SMARTS) is 1. The van der Waals surface area contributed by atoms with Crippen molar-refractivity contribution in [2.24, 2.45) is 0 Å². The lowest BCUT2D eigenvalue weighted by Gasteiger charge is -2.37. The SMILES string of the molecule is COC(=O)NC(=N)c1ccc2[nH]c(S(=O)(=O)N3CCN(C(=O)c4nc5c(s4)CN(C)CC5)C(C(=O)O)C3)cc2c1. The molecule has 2 aliphatic rings. The maximum absolute atomic E-state index is 13.5. The van der Waals surface area contributed by atoms with Crippen molar-refractivity contribution in [3.05, 3.63) is 45.4 Å². The third kappa shape index (κ3) is 5.17. The number of thiazole rings is 1. The number of hydrogen-bond acceptors (Lipinski definition) is 10. The Morgan fingerprint density at radius 1 is 1.23 bits per heavy atom. The Morgan fingerprint density at radius 2 is 2.00 bits per heavy atom. The standard InChI is InChI=1S/C24H27N7O7S2/c1-29-6-5-16-18(12-29)39-21(27-16)22(32)31-8-7-30(11-17(31)23(33)34)40(36,37)19-10-14-9-13(3-4-15(14)26-19)20(25)28-24(35)38-2/h3-4,9-10,17,26H,5-8,11-12H2,1-2H3,(H,33,34)(H2,25,28,35). The molecule has 0 saturated carbocycles. The number of piperazine rings is 1. The Labute approximate surface area is 233 Å². The van der Waals surface area contributed by atoms with Crippen molar-refractivity contribution in [3.8, 4) is 0 Å². The zero-order valence-electron chi connectivity index (χ0n) is 21.6. The molecule has 16 heteroatoms. The fraction of sp³-hybridized carbons (Fsp3) is 0.375. The first-order valence-electron chi connectivity index (χ1n) is 12.3. The molecule has 2 aromatic heterocycles. The van der Waals surface area contributed by atoms with E-state index in [9.17, 15) is 27.9 Å². The van der Waals surface area contributed by atoms with Crippen molar-refractivity contribution < 1.29 is 32.6 Å². The Kier molecular flexibility index (Phi) is 7.34. The van der Waals surface area contributed by atoms with Gasteiger partial charge in [-0.15, -0.1) is 11.3 Å². The van der Waals surface area contributed by atoms with Crippen LogP contribution in [0.5, 0.6) is 0 Å². The number of likely N-dealkylation sites (N-methyl/N-ethyl adjacent to an activating group) is 1. The minimum atomic E-state index is -4.15. The largest absolute Gasteiger partial charge is 0.480 e. The molecule has 0 spiro atoms. The van der Waals surface area contributed by atoms with Crippen LogP contribution in [0.3, 0.4) is 0 Å². The summed E-state index contributed by atoms with van der Waals surface area (Å²) in [7, 11) is -1.01. The number of aromatic amines is 1. The summed E-state index contributed by atoms with van der Waals surface area (Å²) in [6.07, 6.45) is -0.103. The van der Waals surface area contributed by atoms with Crippen LogP contribution in [0, 0.1) is 5.41 Å². The topological polar surface area (TPSA) is 189 Å². The van der Waals surface area contributed by atoms with Gasteiger partial charge < -0.3 is 24.6 Å². The molecule has 14 nitrogen and oxygen atoms in total. The number of carbonyl (C=O) groups excluding carboxylic acids is 2. The van der Waals surface area contributed by atoms with Gasteiger partial charge >= 0.3 is 12.1 Å². The van der Waals surface area contributed by atoms with E-state index in [1.54, 1.807) is 6.07 Å². The van der Waals surface area contributed by atoms with Crippen LogP contribution >= 0.6 is 11.3 Å². The molecule has 1 aromatic carbocycles. The first-order valence-corrected chi connectivity index (χ1v) is 14.5. The van der Waals surface area contributed by atoms with Crippen LogP contribution in [0.1, 0.15) is 25.9 Å². The van der Waals surface area contributed by atoms with Gasteiger partial charge in [0.15, 0.2) is 5.01 Å². The van der Waals surface area contributed by atoms with Gasteiger partial charge in [0.2, 0.25) is 0 Å². The number of H-pyrrole nitrogens is 1. The number of aromatic nitrogens is 2. The summed E-state index contributed by atoms with van der Waals surface area (Å²) in [4.78, 5) is 48.5. The number of nitrogens with zero attached hydrogens (tertiary/aromatic N) is 4. The summed E-state index contributed by atoms with van der Waals surface area (Å²) < 4.78 is 32.5. The van der Waals surface area contributed by atoms with E-state index >= 15 is 0 Å². The molecule has 2 aliphatic heterocycles. The summed E-state index contributed by atoms with van der Waals surface area (Å²) in [6, 6.07) is 4.63. The molecule has 3 aromatic rings. The van der Waals surface area contributed by atoms with Crippen LogP contribution in [-0.4, -0.2) is 108 Å². The smallest absolute Gasteiger partial charge is 0.412 e. The highest BCUT2D eigenvalue weighted by molar-refractivity contribution is 7.89. The lowest BCUT2D eigenvalue weighted by atomic mass is 10.1. The maximum atomic E-state index is 13.5. The minimum Gasteiger partial charge on any atom is -0.480 e. The molecule has 5 rings (SSSR count). The summed E-state index contributed by atoms with van der Waals surface area (Å²) in [5, 5.41) is 20.7. The lowest BCUT2D eigenvalue weighted by Crippen LogP contribution is -2.59. The van der Waals surface area contributed by atoms with E-state index in [0.29, 0.717) is 29.4 Å². The van der Waals surface area contributed by atoms with E-state index in [2.05, 4.69) is 24.9 Å². The van der Waals surface area contributed by atoms with E-state index in [4.69, 9.17) is 5.41 Å². The average molecular weight is 590 g/mol. The third-order valence-corrected chi connectivity index (χ3v) is 9.77. The molecule has 0 radical (unpaired) electrons. The second kappa shape index (κ2) is 10.6. The number of hydrogen-bond donors (Lipinski definition) is 4. The molecule has 0 bridgehead atoms. The quantitative estimate of drug-likeness (QED) is 0.247. The van der Waals surface area contributed by atoms with Gasteiger partial charge in [-0.3, -0.25) is 15.5 Å². The van der Waals surface area contributed by atoms with Gasteiger partial charge in [-0.2, -0.15) is 4.31 Å². The van der Waals surface area contributed by atoms with Gasteiger partial charge in [0.05, 0.1) is 12.8 Å². The number of benzene rings is 1. The van der Waals surface area contributed by atoms with Crippen LogP contribution in [0.2, 0.25) is 0 Å². The van der Waals surface area contributed by atoms with E-state index in [0.717, 1.165) is 21.4 Å². The van der Waals surface area contributed by atoms with Crippen molar-refractivity contribution >= 4 is 56.1 Å². The Morgan fingerprint density at radius 3 is 2.73 bits per heavy atom. The van der Waals surface area contributed by atoms with Gasteiger partial charge in [0.25, 0.3) is 15.9 Å². The first-order chi connectivity index (χ1) is 19.0. The number of sulfonamides is 1. The normalized spacial score (nSPS) is 18.4. The summed E-state index contributed by atoms with van der Waals surface area (Å²) >= 11 is 1.25. The van der Waals surface area contributed by atoms with E-state index in [1.807, 2.05) is 7.05 Å². The Hall–Kier alpha value is -3.86. The van der Waals surface area contributed by atoms with Gasteiger partial charge in [-0.05, 0) is 31.3 Å². The maximum Gasteiger partial charge on any atom is 0.412 e. The number of amidine groups is 1. The molecule has 40 heavy (non-hydrogen) atoms. The number of aliphatic carboxylic acids is 1. The summed E-state index contributed by atoms with van der Waals surface area (Å²) in [5.74, 6) is -2.06. The Balaban J connectivity index is 1.35. The number of ether oxygens (including phenoxy) is 1. The van der Waals surface area contributed by atoms with Crippen molar-refractivity contribution in [3.63, 3.8) is 0 Å². The molecule has 2 amide bonds. The number of methoxy groups -OCH3 is 1. The number of alkyl carbamates (subject to hydrolysis) is 1. The van der Waals surface area contributed by atoms with Gasteiger partial charge in [0.1, 0.15) is 16.9 Å². The van der Waals surface area contributed by atoms with Crippen LogP contribution in [0.4, 0.5) is 4.79 Å². The summed E-state index contributed by atoms with van der Waals surface area (Å²) in [5.41, 5.74) is 1.64. The van der Waals surface area contributed by atoms with Gasteiger partial charge in [-0.25, -0.2) is 23.0 Å². The van der Waals surface area contributed by atoms with Crippen LogP contribution in [-0.2, 0) is 32.5 Å². The molecular weight excluding hydrogens is 562 g/mol. The molecular formula is C24H27N7O7S2. The highest BCUT2D eigenvalue weighted by Gasteiger charge is 2.41. The lowest BCUT2D eigenvalue weighted by molar-refractivity contribution is -0.143. The summed E-state index contributed by atoms with van der Waals surface area (Å²) in [6.45, 7) is 0.857. The predicted molar refractivity (Wildman–Crippen MR) is 144 cm³/mol. The molecule has 212 valence electrons. The van der Waals surface area contributed by atoms with E-state index in [1.165, 1.54) is 41.5 Å². The van der Waals surface area contributed by atoms with Gasteiger partial charge in [0, 0.05) is 60.5 Å². The third-order valence-electron chi connectivity index (χ3n) is 6.91. The molecule has 1 atom stereocenters. The fourth-order valence-electron chi connectivity index (χ4n) is 4.73. The number of carbonyl (C=O) groups is 3. The number of rotatable bonds is 5. The van der Waals surface area contributed by atoms with E-state index < -0.39 is 40.6 Å². The zero-order chi connectivity index (χ0) is 28.8.